The molecule has 0 aliphatic carbocycles. The zero-order valence-corrected chi connectivity index (χ0v) is 12.6. The first-order chi connectivity index (χ1) is 10.2. The number of aliphatic hydroxyl groups is 1. The number of rotatable bonds is 3. The zero-order valence-electron chi connectivity index (χ0n) is 11.0. The van der Waals surface area contributed by atoms with Crippen LogP contribution in [0.5, 0.6) is 5.75 Å². The van der Waals surface area contributed by atoms with Gasteiger partial charge in [0.2, 0.25) is 5.91 Å². The fourth-order valence-electron chi connectivity index (χ4n) is 2.30. The summed E-state index contributed by atoms with van der Waals surface area (Å²) in [6.45, 7) is 0.160. The predicted molar refractivity (Wildman–Crippen MR) is 81.2 cm³/mol. The summed E-state index contributed by atoms with van der Waals surface area (Å²) < 4.78 is 6.44. The minimum absolute atomic E-state index is 0.151. The van der Waals surface area contributed by atoms with Crippen LogP contribution in [0, 0.1) is 0 Å². The third-order valence-electron chi connectivity index (χ3n) is 3.41. The van der Waals surface area contributed by atoms with Gasteiger partial charge in [-0.2, -0.15) is 0 Å². The molecule has 5 nitrogen and oxygen atoms in total. The van der Waals surface area contributed by atoms with E-state index in [0.29, 0.717) is 17.9 Å². The molecule has 21 heavy (non-hydrogen) atoms. The first-order valence-corrected chi connectivity index (χ1v) is 7.25. The molecule has 108 valence electrons. The van der Waals surface area contributed by atoms with Crippen LogP contribution in [0.25, 0.3) is 0 Å². The van der Waals surface area contributed by atoms with Gasteiger partial charge in [0.1, 0.15) is 18.3 Å². The maximum Gasteiger partial charge on any atom is 0.235 e. The summed E-state index contributed by atoms with van der Waals surface area (Å²) in [7, 11) is 0. The SMILES string of the molecule is O=C(Nc1cnccc1CO)C1COc2ccc(Br)cc21. The van der Waals surface area contributed by atoms with Crippen LogP contribution in [0.2, 0.25) is 0 Å². The van der Waals surface area contributed by atoms with E-state index in [1.54, 1.807) is 12.3 Å². The normalized spacial score (nSPS) is 16.2. The van der Waals surface area contributed by atoms with Crippen molar-refractivity contribution in [3.05, 3.63) is 52.3 Å². The molecule has 0 saturated carbocycles. The third-order valence-corrected chi connectivity index (χ3v) is 3.90. The Labute approximate surface area is 130 Å². The van der Waals surface area contributed by atoms with Gasteiger partial charge in [-0.15, -0.1) is 0 Å². The molecule has 1 aromatic carbocycles. The van der Waals surface area contributed by atoms with Crippen molar-refractivity contribution >= 4 is 27.5 Å². The second-order valence-corrected chi connectivity index (χ2v) is 5.64. The number of aliphatic hydroxyl groups excluding tert-OH is 1. The Bertz CT molecular complexity index is 690. The topological polar surface area (TPSA) is 71.5 Å². The molecule has 3 rings (SSSR count). The zero-order chi connectivity index (χ0) is 14.8. The number of ether oxygens (including phenoxy) is 1. The van der Waals surface area contributed by atoms with E-state index in [1.165, 1.54) is 6.20 Å². The van der Waals surface area contributed by atoms with Crippen LogP contribution in [0.15, 0.2) is 41.1 Å². The number of anilines is 1. The highest BCUT2D eigenvalue weighted by molar-refractivity contribution is 9.10. The Balaban J connectivity index is 1.83. The minimum atomic E-state index is -0.371. The van der Waals surface area contributed by atoms with Gasteiger partial charge in [-0.25, -0.2) is 0 Å². The molecule has 0 spiro atoms. The lowest BCUT2D eigenvalue weighted by molar-refractivity contribution is -0.117. The minimum Gasteiger partial charge on any atom is -0.492 e. The molecule has 1 unspecified atom stereocenters. The molecule has 2 N–H and O–H groups in total. The Kier molecular flexibility index (Phi) is 3.90. The Morgan fingerprint density at radius 3 is 3.14 bits per heavy atom. The maximum absolute atomic E-state index is 12.4. The van der Waals surface area contributed by atoms with Crippen molar-refractivity contribution < 1.29 is 14.6 Å². The van der Waals surface area contributed by atoms with Crippen molar-refractivity contribution in [3.8, 4) is 5.75 Å². The van der Waals surface area contributed by atoms with E-state index in [0.717, 1.165) is 15.8 Å². The summed E-state index contributed by atoms with van der Waals surface area (Å²) in [5.41, 5.74) is 2.01. The average Bonchev–Trinajstić information content (AvgIpc) is 2.90. The molecule has 1 aliphatic heterocycles. The summed E-state index contributed by atoms with van der Waals surface area (Å²) in [4.78, 5) is 16.4. The standard InChI is InChI=1S/C15H13BrN2O3/c16-10-1-2-14-11(5-10)12(8-21-14)15(20)18-13-6-17-4-3-9(13)7-19/h1-6,12,19H,7-8H2,(H,18,20). The predicted octanol–water partition coefficient (Wildman–Crippen LogP) is 2.45. The van der Waals surface area contributed by atoms with E-state index in [-0.39, 0.29) is 18.4 Å². The number of hydrogen-bond acceptors (Lipinski definition) is 4. The average molecular weight is 349 g/mol. The lowest BCUT2D eigenvalue weighted by atomic mass is 10.0. The third kappa shape index (κ3) is 2.77. The molecule has 0 bridgehead atoms. The highest BCUT2D eigenvalue weighted by Crippen LogP contribution is 2.36. The molecule has 2 aromatic rings. The van der Waals surface area contributed by atoms with Gasteiger partial charge < -0.3 is 15.2 Å². The Morgan fingerprint density at radius 1 is 1.48 bits per heavy atom. The van der Waals surface area contributed by atoms with Crippen molar-refractivity contribution in [2.45, 2.75) is 12.5 Å². The molecule has 0 saturated heterocycles. The van der Waals surface area contributed by atoms with Gasteiger partial charge >= 0.3 is 0 Å². The van der Waals surface area contributed by atoms with E-state index in [1.807, 2.05) is 18.2 Å². The molecule has 1 atom stereocenters. The van der Waals surface area contributed by atoms with Gasteiger partial charge in [-0.3, -0.25) is 9.78 Å². The van der Waals surface area contributed by atoms with Crippen molar-refractivity contribution in [3.63, 3.8) is 0 Å². The molecule has 1 aliphatic rings. The fraction of sp³-hybridized carbons (Fsp3) is 0.200. The van der Waals surface area contributed by atoms with E-state index >= 15 is 0 Å². The number of aromatic nitrogens is 1. The van der Waals surface area contributed by atoms with Crippen molar-refractivity contribution in [1.29, 1.82) is 0 Å². The number of benzene rings is 1. The lowest BCUT2D eigenvalue weighted by Gasteiger charge is -2.12. The van der Waals surface area contributed by atoms with E-state index in [4.69, 9.17) is 4.74 Å². The van der Waals surface area contributed by atoms with Gasteiger partial charge in [0.25, 0.3) is 0 Å². The van der Waals surface area contributed by atoms with E-state index in [2.05, 4.69) is 26.2 Å². The largest absolute Gasteiger partial charge is 0.492 e. The van der Waals surface area contributed by atoms with Gasteiger partial charge in [-0.05, 0) is 24.3 Å². The van der Waals surface area contributed by atoms with Gasteiger partial charge in [0.15, 0.2) is 0 Å². The number of pyridine rings is 1. The number of carbonyl (C=O) groups excluding carboxylic acids is 1. The van der Waals surface area contributed by atoms with Crippen LogP contribution in [-0.4, -0.2) is 22.6 Å². The fourth-order valence-corrected chi connectivity index (χ4v) is 2.68. The molecule has 0 radical (unpaired) electrons. The summed E-state index contributed by atoms with van der Waals surface area (Å²) >= 11 is 3.40. The highest BCUT2D eigenvalue weighted by atomic mass is 79.9. The second-order valence-electron chi connectivity index (χ2n) is 4.73. The molecule has 6 heteroatoms. The Morgan fingerprint density at radius 2 is 2.33 bits per heavy atom. The monoisotopic (exact) mass is 348 g/mol. The second kappa shape index (κ2) is 5.83. The number of hydrogen-bond donors (Lipinski definition) is 2. The molecule has 2 heterocycles. The van der Waals surface area contributed by atoms with Crippen LogP contribution in [0.3, 0.4) is 0 Å². The summed E-state index contributed by atoms with van der Waals surface area (Å²) in [5.74, 6) is 0.186. The van der Waals surface area contributed by atoms with Gasteiger partial charge in [0, 0.05) is 21.8 Å². The number of amides is 1. The van der Waals surface area contributed by atoms with Crippen LogP contribution >= 0.6 is 15.9 Å². The number of halogens is 1. The first kappa shape index (κ1) is 14.0. The van der Waals surface area contributed by atoms with Crippen LogP contribution in [0.4, 0.5) is 5.69 Å². The highest BCUT2D eigenvalue weighted by Gasteiger charge is 2.30. The quantitative estimate of drug-likeness (QED) is 0.893. The Hall–Kier alpha value is -1.92. The maximum atomic E-state index is 12.4. The summed E-state index contributed by atoms with van der Waals surface area (Å²) in [5, 5.41) is 12.1. The molecule has 1 amide bonds. The molecule has 0 fully saturated rings. The molecule has 1 aromatic heterocycles. The molecular weight excluding hydrogens is 336 g/mol. The van der Waals surface area contributed by atoms with E-state index < -0.39 is 0 Å². The van der Waals surface area contributed by atoms with Crippen LogP contribution in [0.1, 0.15) is 17.0 Å². The lowest BCUT2D eigenvalue weighted by Crippen LogP contribution is -2.23. The molecular formula is C15H13BrN2O3. The van der Waals surface area contributed by atoms with Gasteiger partial charge in [-0.1, -0.05) is 15.9 Å². The number of nitrogens with one attached hydrogen (secondary N) is 1. The summed E-state index contributed by atoms with van der Waals surface area (Å²) in [6.07, 6.45) is 3.10. The van der Waals surface area contributed by atoms with Crippen LogP contribution < -0.4 is 10.1 Å². The van der Waals surface area contributed by atoms with Crippen molar-refractivity contribution in [1.82, 2.24) is 4.98 Å². The number of nitrogens with zero attached hydrogens (tertiary/aromatic N) is 1. The van der Waals surface area contributed by atoms with E-state index in [9.17, 15) is 9.90 Å². The van der Waals surface area contributed by atoms with Crippen molar-refractivity contribution in [2.75, 3.05) is 11.9 Å². The first-order valence-electron chi connectivity index (χ1n) is 6.46. The van der Waals surface area contributed by atoms with Crippen LogP contribution in [-0.2, 0) is 11.4 Å². The van der Waals surface area contributed by atoms with Crippen molar-refractivity contribution in [2.24, 2.45) is 0 Å². The smallest absolute Gasteiger partial charge is 0.235 e. The number of carbonyl (C=O) groups is 1. The van der Waals surface area contributed by atoms with Gasteiger partial charge in [0.05, 0.1) is 18.5 Å². The number of fused-ring (bicyclic) bond motifs is 1. The summed E-state index contributed by atoms with van der Waals surface area (Å²) in [6, 6.07) is 7.29.